The van der Waals surface area contributed by atoms with Crippen molar-refractivity contribution < 1.29 is 15.0 Å². The summed E-state index contributed by atoms with van der Waals surface area (Å²) >= 11 is 0. The maximum Gasteiger partial charge on any atom is 0.309 e. The summed E-state index contributed by atoms with van der Waals surface area (Å²) in [4.78, 5) is 11.0. The van der Waals surface area contributed by atoms with Crippen LogP contribution in [0.25, 0.3) is 0 Å². The number of hydrogen-bond acceptors (Lipinski definition) is 2. The highest BCUT2D eigenvalue weighted by Crippen LogP contribution is 2.30. The highest BCUT2D eigenvalue weighted by molar-refractivity contribution is 5.70. The molecule has 2 N–H and O–H groups in total. The highest BCUT2D eigenvalue weighted by Gasteiger charge is 2.28. The Morgan fingerprint density at radius 1 is 1.33 bits per heavy atom. The molecule has 1 rings (SSSR count). The number of rotatable bonds is 5. The lowest BCUT2D eigenvalue weighted by atomic mass is 9.81. The molecular weight excluding hydrogens is 192 g/mol. The van der Waals surface area contributed by atoms with Crippen LogP contribution in [0, 0.1) is 11.8 Å². The maximum absolute atomic E-state index is 11.0. The van der Waals surface area contributed by atoms with Crippen LogP contribution < -0.4 is 0 Å². The topological polar surface area (TPSA) is 57.5 Å². The first-order valence-corrected chi connectivity index (χ1v) is 6.06. The van der Waals surface area contributed by atoms with E-state index in [0.29, 0.717) is 18.8 Å². The second-order valence-corrected chi connectivity index (χ2v) is 4.66. The van der Waals surface area contributed by atoms with Crippen molar-refractivity contribution in [3.05, 3.63) is 0 Å². The lowest BCUT2D eigenvalue weighted by Crippen LogP contribution is -2.30. The number of aliphatic hydroxyl groups is 1. The molecule has 3 nitrogen and oxygen atoms in total. The van der Waals surface area contributed by atoms with E-state index in [0.717, 1.165) is 12.8 Å². The predicted octanol–water partition coefficient (Wildman–Crippen LogP) is 2.43. The highest BCUT2D eigenvalue weighted by atomic mass is 16.4. The van der Waals surface area contributed by atoms with Crippen molar-refractivity contribution in [2.24, 2.45) is 11.8 Å². The number of hydrogen-bond donors (Lipinski definition) is 2. The van der Waals surface area contributed by atoms with Gasteiger partial charge >= 0.3 is 5.97 Å². The second-order valence-electron chi connectivity index (χ2n) is 4.66. The molecule has 0 heterocycles. The van der Waals surface area contributed by atoms with Gasteiger partial charge in [-0.2, -0.15) is 0 Å². The Kier molecular flexibility index (Phi) is 5.09. The largest absolute Gasteiger partial charge is 0.481 e. The predicted molar refractivity (Wildman–Crippen MR) is 58.6 cm³/mol. The molecule has 88 valence electrons. The zero-order valence-electron chi connectivity index (χ0n) is 9.48. The van der Waals surface area contributed by atoms with Gasteiger partial charge in [-0.25, -0.2) is 0 Å². The average Bonchev–Trinajstić information content (AvgIpc) is 2.26. The molecule has 0 amide bonds. The standard InChI is InChI=1S/C12H22O3/c1-2-11(13)10(12(14)15)8-9-6-4-3-5-7-9/h9-11,13H,2-8H2,1H3,(H,14,15)/t10-,11+/m1/s1. The molecule has 0 spiro atoms. The fourth-order valence-electron chi connectivity index (χ4n) is 2.49. The number of carboxylic acid groups (broad SMARTS) is 1. The summed E-state index contributed by atoms with van der Waals surface area (Å²) in [7, 11) is 0. The van der Waals surface area contributed by atoms with Crippen LogP contribution in [0.15, 0.2) is 0 Å². The quantitative estimate of drug-likeness (QED) is 0.739. The molecule has 1 aliphatic rings. The Bertz CT molecular complexity index is 197. The van der Waals surface area contributed by atoms with Crippen molar-refractivity contribution in [2.45, 2.75) is 58.0 Å². The van der Waals surface area contributed by atoms with E-state index in [4.69, 9.17) is 5.11 Å². The fourth-order valence-corrected chi connectivity index (χ4v) is 2.49. The van der Waals surface area contributed by atoms with Crippen LogP contribution in [-0.4, -0.2) is 22.3 Å². The first-order chi connectivity index (χ1) is 7.15. The lowest BCUT2D eigenvalue weighted by molar-refractivity contribution is -0.146. The molecule has 0 radical (unpaired) electrons. The minimum atomic E-state index is -0.838. The summed E-state index contributed by atoms with van der Waals surface area (Å²) in [5.74, 6) is -0.880. The van der Waals surface area contributed by atoms with Gasteiger partial charge in [-0.1, -0.05) is 39.0 Å². The molecule has 1 aliphatic carbocycles. The summed E-state index contributed by atoms with van der Waals surface area (Å²) in [6, 6.07) is 0. The Balaban J connectivity index is 2.45. The van der Waals surface area contributed by atoms with Crippen LogP contribution in [0.2, 0.25) is 0 Å². The van der Waals surface area contributed by atoms with E-state index >= 15 is 0 Å². The van der Waals surface area contributed by atoms with Crippen LogP contribution in [0.3, 0.4) is 0 Å². The Labute approximate surface area is 91.5 Å². The van der Waals surface area contributed by atoms with Crippen molar-refractivity contribution in [2.75, 3.05) is 0 Å². The summed E-state index contributed by atoms with van der Waals surface area (Å²) < 4.78 is 0. The summed E-state index contributed by atoms with van der Waals surface area (Å²) in [6.45, 7) is 1.83. The van der Waals surface area contributed by atoms with Gasteiger partial charge in [0.05, 0.1) is 12.0 Å². The Morgan fingerprint density at radius 3 is 2.40 bits per heavy atom. The summed E-state index contributed by atoms with van der Waals surface area (Å²) in [5.41, 5.74) is 0. The third-order valence-corrected chi connectivity index (χ3v) is 3.51. The van der Waals surface area contributed by atoms with E-state index in [1.165, 1.54) is 19.3 Å². The number of aliphatic carboxylic acids is 1. The molecule has 0 aliphatic heterocycles. The second kappa shape index (κ2) is 6.11. The van der Waals surface area contributed by atoms with Gasteiger partial charge in [0, 0.05) is 0 Å². The summed E-state index contributed by atoms with van der Waals surface area (Å²) in [6.07, 6.45) is 6.52. The molecule has 15 heavy (non-hydrogen) atoms. The van der Waals surface area contributed by atoms with Gasteiger partial charge in [-0.15, -0.1) is 0 Å². The van der Waals surface area contributed by atoms with E-state index in [1.807, 2.05) is 6.92 Å². The van der Waals surface area contributed by atoms with Crippen molar-refractivity contribution in [1.29, 1.82) is 0 Å². The summed E-state index contributed by atoms with van der Waals surface area (Å²) in [5, 5.41) is 18.7. The van der Waals surface area contributed by atoms with E-state index in [2.05, 4.69) is 0 Å². The fraction of sp³-hybridized carbons (Fsp3) is 0.917. The van der Waals surface area contributed by atoms with E-state index < -0.39 is 18.0 Å². The minimum Gasteiger partial charge on any atom is -0.481 e. The number of carbonyl (C=O) groups is 1. The molecule has 0 unspecified atom stereocenters. The average molecular weight is 214 g/mol. The van der Waals surface area contributed by atoms with Crippen LogP contribution in [0.4, 0.5) is 0 Å². The smallest absolute Gasteiger partial charge is 0.309 e. The van der Waals surface area contributed by atoms with Gasteiger partial charge in [-0.3, -0.25) is 4.79 Å². The molecule has 0 bridgehead atoms. The SMILES string of the molecule is CC[C@H](O)[C@@H](CC1CCCCC1)C(=O)O. The third-order valence-electron chi connectivity index (χ3n) is 3.51. The van der Waals surface area contributed by atoms with Crippen LogP contribution in [0.5, 0.6) is 0 Å². The van der Waals surface area contributed by atoms with Gasteiger partial charge in [0.1, 0.15) is 0 Å². The normalized spacial score (nSPS) is 22.3. The molecule has 3 heteroatoms. The van der Waals surface area contributed by atoms with Gasteiger partial charge in [0.15, 0.2) is 0 Å². The first-order valence-electron chi connectivity index (χ1n) is 6.06. The molecule has 0 aromatic heterocycles. The van der Waals surface area contributed by atoms with E-state index in [1.54, 1.807) is 0 Å². The zero-order valence-corrected chi connectivity index (χ0v) is 9.48. The Hall–Kier alpha value is -0.570. The lowest BCUT2D eigenvalue weighted by Gasteiger charge is -2.26. The van der Waals surface area contributed by atoms with Crippen molar-refractivity contribution in [1.82, 2.24) is 0 Å². The van der Waals surface area contributed by atoms with Crippen molar-refractivity contribution >= 4 is 5.97 Å². The van der Waals surface area contributed by atoms with Gasteiger partial charge < -0.3 is 10.2 Å². The van der Waals surface area contributed by atoms with E-state index in [9.17, 15) is 9.90 Å². The molecule has 1 saturated carbocycles. The molecule has 1 fully saturated rings. The van der Waals surface area contributed by atoms with E-state index in [-0.39, 0.29) is 0 Å². The van der Waals surface area contributed by atoms with Crippen molar-refractivity contribution in [3.63, 3.8) is 0 Å². The maximum atomic E-state index is 11.0. The molecule has 0 aromatic carbocycles. The van der Waals surface area contributed by atoms with Crippen LogP contribution in [-0.2, 0) is 4.79 Å². The molecule has 0 aromatic rings. The van der Waals surface area contributed by atoms with Gasteiger partial charge in [0.25, 0.3) is 0 Å². The van der Waals surface area contributed by atoms with Gasteiger partial charge in [-0.05, 0) is 18.8 Å². The number of aliphatic hydroxyl groups excluding tert-OH is 1. The monoisotopic (exact) mass is 214 g/mol. The van der Waals surface area contributed by atoms with Crippen LogP contribution >= 0.6 is 0 Å². The molecule has 0 saturated heterocycles. The Morgan fingerprint density at radius 2 is 1.93 bits per heavy atom. The van der Waals surface area contributed by atoms with Crippen molar-refractivity contribution in [3.8, 4) is 0 Å². The zero-order chi connectivity index (χ0) is 11.3. The third kappa shape index (κ3) is 3.82. The molecular formula is C12H22O3. The minimum absolute atomic E-state index is 0.515. The first kappa shape index (κ1) is 12.5. The number of carboxylic acids is 1. The molecule has 2 atom stereocenters. The van der Waals surface area contributed by atoms with Crippen LogP contribution in [0.1, 0.15) is 51.9 Å². The van der Waals surface area contributed by atoms with Gasteiger partial charge in [0.2, 0.25) is 0 Å².